The second-order valence-electron chi connectivity index (χ2n) is 9.35. The molecule has 6 nitrogen and oxygen atoms in total. The van der Waals surface area contributed by atoms with Gasteiger partial charge in [-0.2, -0.15) is 13.2 Å². The highest BCUT2D eigenvalue weighted by molar-refractivity contribution is 7.90. The van der Waals surface area contributed by atoms with Gasteiger partial charge >= 0.3 is 12.3 Å². The second kappa shape index (κ2) is 8.92. The Bertz CT molecular complexity index is 753. The molecule has 10 heteroatoms. The maximum atomic E-state index is 13.1. The van der Waals surface area contributed by atoms with E-state index in [1.54, 1.807) is 20.8 Å². The fraction of sp³-hybridized carbons (Fsp3) is 0.700. The van der Waals surface area contributed by atoms with Gasteiger partial charge in [-0.25, -0.2) is 9.78 Å². The summed E-state index contributed by atoms with van der Waals surface area (Å²) in [5.74, 6) is 0.0641. The highest BCUT2D eigenvalue weighted by Gasteiger charge is 2.41. The second-order valence-corrected chi connectivity index (χ2v) is 11.3. The summed E-state index contributed by atoms with van der Waals surface area (Å²) < 4.78 is 54.3. The smallest absolute Gasteiger partial charge is 0.433 e. The fourth-order valence-electron chi connectivity index (χ4n) is 3.70. The summed E-state index contributed by atoms with van der Waals surface area (Å²) in [5, 5.41) is 9.39. The van der Waals surface area contributed by atoms with Gasteiger partial charge in [0.1, 0.15) is 10.4 Å². The number of halogens is 3. The lowest BCUT2D eigenvalue weighted by atomic mass is 9.91. The first-order chi connectivity index (χ1) is 13.6. The molecule has 2 heterocycles. The molecule has 1 amide bonds. The van der Waals surface area contributed by atoms with E-state index in [9.17, 15) is 27.6 Å². The quantitative estimate of drug-likeness (QED) is 0.612. The number of amides is 1. The predicted octanol–water partition coefficient (Wildman–Crippen LogP) is 4.75. The van der Waals surface area contributed by atoms with Crippen molar-refractivity contribution in [3.63, 3.8) is 0 Å². The van der Waals surface area contributed by atoms with Gasteiger partial charge in [0.2, 0.25) is 0 Å². The highest BCUT2D eigenvalue weighted by Crippen LogP contribution is 2.37. The van der Waals surface area contributed by atoms with Gasteiger partial charge in [0, 0.05) is 23.4 Å². The zero-order chi connectivity index (χ0) is 22.9. The minimum Gasteiger partial charge on any atom is -0.598 e. The molecule has 170 valence electrons. The molecular formula is C20H30F3N3O3S. The van der Waals surface area contributed by atoms with Gasteiger partial charge in [0.05, 0.1) is 11.7 Å². The third kappa shape index (κ3) is 6.24. The molecule has 1 saturated heterocycles. The fourth-order valence-corrected chi connectivity index (χ4v) is 4.55. The number of pyridine rings is 1. The van der Waals surface area contributed by atoms with Crippen LogP contribution in [0.3, 0.4) is 0 Å². The Labute approximate surface area is 178 Å². The van der Waals surface area contributed by atoms with Gasteiger partial charge in [-0.05, 0) is 71.9 Å². The maximum absolute atomic E-state index is 13.1. The average Bonchev–Trinajstić information content (AvgIpc) is 2.91. The van der Waals surface area contributed by atoms with Crippen molar-refractivity contribution in [3.8, 4) is 0 Å². The number of alkyl halides is 3. The van der Waals surface area contributed by atoms with Crippen LogP contribution in [0.4, 0.5) is 18.0 Å². The monoisotopic (exact) mass is 449 g/mol. The molecule has 0 aromatic carbocycles. The van der Waals surface area contributed by atoms with Crippen molar-refractivity contribution >= 4 is 17.5 Å². The van der Waals surface area contributed by atoms with Crippen LogP contribution in [-0.4, -0.2) is 42.5 Å². The van der Waals surface area contributed by atoms with E-state index in [4.69, 9.17) is 0 Å². The molecule has 1 aromatic heterocycles. The van der Waals surface area contributed by atoms with E-state index in [0.29, 0.717) is 25.8 Å². The Morgan fingerprint density at radius 3 is 2.53 bits per heavy atom. The van der Waals surface area contributed by atoms with Crippen LogP contribution in [0.5, 0.6) is 0 Å². The number of likely N-dealkylation sites (tertiary alicyclic amines) is 1. The third-order valence-corrected chi connectivity index (χ3v) is 6.89. The number of nitrogens with one attached hydrogen (secondary N) is 1. The van der Waals surface area contributed by atoms with Gasteiger partial charge < -0.3 is 14.6 Å². The number of carbonyl (C=O) groups is 1. The normalized spacial score (nSPS) is 21.5. The first kappa shape index (κ1) is 24.7. The largest absolute Gasteiger partial charge is 0.598 e. The van der Waals surface area contributed by atoms with Crippen molar-refractivity contribution in [2.45, 2.75) is 76.4 Å². The van der Waals surface area contributed by atoms with Crippen molar-refractivity contribution in [1.29, 1.82) is 0 Å². The molecule has 0 saturated carbocycles. The number of nitrogens with zero attached hydrogens (tertiary/aromatic N) is 2. The molecule has 3 unspecified atom stereocenters. The number of aromatic nitrogens is 1. The Morgan fingerprint density at radius 1 is 1.40 bits per heavy atom. The van der Waals surface area contributed by atoms with Crippen molar-refractivity contribution in [2.75, 3.05) is 6.54 Å². The number of hydrogen-bond donors (Lipinski definition) is 2. The van der Waals surface area contributed by atoms with Gasteiger partial charge in [0.15, 0.2) is 0 Å². The molecule has 1 aromatic rings. The molecule has 2 N–H and O–H groups in total. The van der Waals surface area contributed by atoms with Gasteiger partial charge in [0.25, 0.3) is 0 Å². The summed E-state index contributed by atoms with van der Waals surface area (Å²) in [6.45, 7) is 9.41. The lowest BCUT2D eigenvalue weighted by Gasteiger charge is -2.28. The van der Waals surface area contributed by atoms with E-state index in [-0.39, 0.29) is 11.6 Å². The van der Waals surface area contributed by atoms with Crippen LogP contribution < -0.4 is 4.72 Å². The first-order valence-electron chi connectivity index (χ1n) is 9.84. The summed E-state index contributed by atoms with van der Waals surface area (Å²) in [6.07, 6.45) is -3.93. The Kier molecular flexibility index (Phi) is 7.36. The van der Waals surface area contributed by atoms with E-state index >= 15 is 0 Å². The van der Waals surface area contributed by atoms with Gasteiger partial charge in [-0.3, -0.25) is 0 Å². The SMILES string of the molecule is CC1(C)CC(CCC(N[S+]([O-])C(C)(C)C)c2cccc(C(F)(F)F)n2)CN1C(=O)O. The van der Waals surface area contributed by atoms with Crippen molar-refractivity contribution in [2.24, 2.45) is 5.92 Å². The molecule has 3 atom stereocenters. The molecule has 1 aliphatic heterocycles. The van der Waals surface area contributed by atoms with E-state index in [2.05, 4.69) is 9.71 Å². The maximum Gasteiger partial charge on any atom is 0.433 e. The third-order valence-electron chi connectivity index (χ3n) is 5.28. The molecular weight excluding hydrogens is 419 g/mol. The Hall–Kier alpha value is -1.52. The molecule has 2 rings (SSSR count). The van der Waals surface area contributed by atoms with E-state index in [1.165, 1.54) is 17.0 Å². The zero-order valence-corrected chi connectivity index (χ0v) is 18.7. The van der Waals surface area contributed by atoms with Crippen LogP contribution in [-0.2, 0) is 17.5 Å². The van der Waals surface area contributed by atoms with E-state index in [0.717, 1.165) is 6.07 Å². The molecule has 0 bridgehead atoms. The lowest BCUT2D eigenvalue weighted by Crippen LogP contribution is -2.42. The first-order valence-corrected chi connectivity index (χ1v) is 11.0. The molecule has 0 spiro atoms. The summed E-state index contributed by atoms with van der Waals surface area (Å²) in [7, 11) is 0. The van der Waals surface area contributed by atoms with Crippen LogP contribution in [0.2, 0.25) is 0 Å². The lowest BCUT2D eigenvalue weighted by molar-refractivity contribution is -0.141. The van der Waals surface area contributed by atoms with Crippen LogP contribution in [0.1, 0.15) is 71.3 Å². The summed E-state index contributed by atoms with van der Waals surface area (Å²) >= 11 is -1.50. The topological polar surface area (TPSA) is 88.5 Å². The summed E-state index contributed by atoms with van der Waals surface area (Å²) in [5.41, 5.74) is -1.32. The van der Waals surface area contributed by atoms with Crippen molar-refractivity contribution in [3.05, 3.63) is 29.6 Å². The number of hydrogen-bond acceptors (Lipinski definition) is 4. The number of rotatable bonds is 6. The predicted molar refractivity (Wildman–Crippen MR) is 109 cm³/mol. The van der Waals surface area contributed by atoms with Crippen molar-refractivity contribution in [1.82, 2.24) is 14.6 Å². The van der Waals surface area contributed by atoms with Crippen LogP contribution in [0.15, 0.2) is 18.2 Å². The molecule has 0 aliphatic carbocycles. The average molecular weight is 450 g/mol. The van der Waals surface area contributed by atoms with Crippen LogP contribution in [0.25, 0.3) is 0 Å². The minimum absolute atomic E-state index is 0.0641. The minimum atomic E-state index is -4.57. The Balaban J connectivity index is 2.20. The van der Waals surface area contributed by atoms with E-state index in [1.807, 2.05) is 13.8 Å². The summed E-state index contributed by atoms with van der Waals surface area (Å²) in [6, 6.07) is 3.06. The number of carboxylic acid groups (broad SMARTS) is 1. The molecule has 30 heavy (non-hydrogen) atoms. The Morgan fingerprint density at radius 2 is 2.03 bits per heavy atom. The van der Waals surface area contributed by atoms with Crippen LogP contribution in [0, 0.1) is 5.92 Å². The molecule has 0 radical (unpaired) electrons. The molecule has 1 aliphatic rings. The molecule has 1 fully saturated rings. The highest BCUT2D eigenvalue weighted by atomic mass is 32.2. The summed E-state index contributed by atoms with van der Waals surface area (Å²) in [4.78, 5) is 16.6. The van der Waals surface area contributed by atoms with Crippen molar-refractivity contribution < 1.29 is 27.6 Å². The van der Waals surface area contributed by atoms with E-state index < -0.39 is 45.7 Å². The standard InChI is InChI=1S/C20H30F3N3O3S/c1-18(2,3)30(29)25-15(14-7-6-8-16(24-14)20(21,22)23)10-9-13-11-19(4,5)26(12-13)17(27)28/h6-8,13,15,25H,9-12H2,1-5H3,(H,27,28). The van der Waals surface area contributed by atoms with Gasteiger partial charge in [-0.1, -0.05) is 6.07 Å². The van der Waals surface area contributed by atoms with Gasteiger partial charge in [-0.15, -0.1) is 4.72 Å². The van der Waals surface area contributed by atoms with Crippen LogP contribution >= 0.6 is 0 Å². The zero-order valence-electron chi connectivity index (χ0n) is 17.9.